The first-order valence-electron chi connectivity index (χ1n) is 5.96. The standard InChI is InChI=1S/C15H18O3S/c1-11(16)13(10-14(17)18-15(2,3)4)19-12-8-6-5-7-9-12/h5-10H,1-4H3/b13-10-. The Morgan fingerprint density at radius 2 is 1.74 bits per heavy atom. The number of carbonyl (C=O) groups excluding carboxylic acids is 2. The van der Waals surface area contributed by atoms with E-state index in [1.165, 1.54) is 24.8 Å². The van der Waals surface area contributed by atoms with Crippen molar-refractivity contribution in [1.29, 1.82) is 0 Å². The van der Waals surface area contributed by atoms with E-state index in [1.54, 1.807) is 20.8 Å². The molecule has 0 heterocycles. The Kier molecular flexibility index (Phi) is 5.36. The van der Waals surface area contributed by atoms with Crippen molar-refractivity contribution in [2.45, 2.75) is 38.2 Å². The molecular formula is C15H18O3S. The zero-order chi connectivity index (χ0) is 14.5. The highest BCUT2D eigenvalue weighted by atomic mass is 32.2. The molecule has 1 rings (SSSR count). The summed E-state index contributed by atoms with van der Waals surface area (Å²) in [5.41, 5.74) is -0.563. The zero-order valence-electron chi connectivity index (χ0n) is 11.6. The summed E-state index contributed by atoms with van der Waals surface area (Å²) in [7, 11) is 0. The summed E-state index contributed by atoms with van der Waals surface area (Å²) in [5.74, 6) is -0.652. The van der Waals surface area contributed by atoms with Gasteiger partial charge in [-0.25, -0.2) is 4.79 Å². The predicted molar refractivity (Wildman–Crippen MR) is 76.9 cm³/mol. The summed E-state index contributed by atoms with van der Waals surface area (Å²) in [6, 6.07) is 9.43. The van der Waals surface area contributed by atoms with Crippen LogP contribution in [0.15, 0.2) is 46.2 Å². The van der Waals surface area contributed by atoms with Crippen molar-refractivity contribution >= 4 is 23.5 Å². The molecule has 19 heavy (non-hydrogen) atoms. The van der Waals surface area contributed by atoms with Crippen molar-refractivity contribution in [2.24, 2.45) is 0 Å². The Bertz CT molecular complexity index is 484. The van der Waals surface area contributed by atoms with Crippen molar-refractivity contribution in [3.8, 4) is 0 Å². The second-order valence-corrected chi connectivity index (χ2v) is 6.13. The van der Waals surface area contributed by atoms with Crippen LogP contribution in [0.3, 0.4) is 0 Å². The minimum Gasteiger partial charge on any atom is -0.457 e. The summed E-state index contributed by atoms with van der Waals surface area (Å²) in [6.45, 7) is 6.80. The van der Waals surface area contributed by atoms with E-state index in [9.17, 15) is 9.59 Å². The van der Waals surface area contributed by atoms with Gasteiger partial charge in [-0.05, 0) is 39.8 Å². The van der Waals surface area contributed by atoms with Crippen molar-refractivity contribution in [1.82, 2.24) is 0 Å². The summed E-state index contributed by atoms with van der Waals surface area (Å²) in [6.07, 6.45) is 1.26. The van der Waals surface area contributed by atoms with Crippen LogP contribution in [0.2, 0.25) is 0 Å². The average molecular weight is 278 g/mol. The number of Topliss-reactive ketones (excluding diaryl/α,β-unsaturated/α-hetero) is 1. The third kappa shape index (κ3) is 6.25. The summed E-state index contributed by atoms with van der Waals surface area (Å²) < 4.78 is 5.18. The molecular weight excluding hydrogens is 260 g/mol. The summed E-state index contributed by atoms with van der Waals surface area (Å²) >= 11 is 1.26. The quantitative estimate of drug-likeness (QED) is 0.479. The highest BCUT2D eigenvalue weighted by molar-refractivity contribution is 8.04. The van der Waals surface area contributed by atoms with Gasteiger partial charge in [0.2, 0.25) is 0 Å². The van der Waals surface area contributed by atoms with E-state index >= 15 is 0 Å². The topological polar surface area (TPSA) is 43.4 Å². The lowest BCUT2D eigenvalue weighted by atomic mass is 10.2. The van der Waals surface area contributed by atoms with Gasteiger partial charge in [-0.15, -0.1) is 0 Å². The van der Waals surface area contributed by atoms with E-state index < -0.39 is 11.6 Å². The van der Waals surface area contributed by atoms with Gasteiger partial charge in [0.15, 0.2) is 5.78 Å². The first kappa shape index (κ1) is 15.5. The van der Waals surface area contributed by atoms with Crippen LogP contribution >= 0.6 is 11.8 Å². The van der Waals surface area contributed by atoms with E-state index in [1.807, 2.05) is 30.3 Å². The minimum absolute atomic E-state index is 0.153. The van der Waals surface area contributed by atoms with Gasteiger partial charge in [0.25, 0.3) is 0 Å². The number of allylic oxidation sites excluding steroid dienone is 1. The molecule has 0 spiro atoms. The minimum atomic E-state index is -0.563. The van der Waals surface area contributed by atoms with Gasteiger partial charge in [0.1, 0.15) is 5.60 Å². The Hall–Kier alpha value is -1.55. The van der Waals surface area contributed by atoms with Crippen molar-refractivity contribution < 1.29 is 14.3 Å². The molecule has 0 aromatic heterocycles. The van der Waals surface area contributed by atoms with E-state index in [0.717, 1.165) is 4.90 Å². The second kappa shape index (κ2) is 6.57. The summed E-state index contributed by atoms with van der Waals surface area (Å²) in [4.78, 5) is 24.5. The molecule has 0 N–H and O–H groups in total. The number of ether oxygens (including phenoxy) is 1. The number of hydrogen-bond acceptors (Lipinski definition) is 4. The van der Waals surface area contributed by atoms with Gasteiger partial charge in [-0.3, -0.25) is 4.79 Å². The van der Waals surface area contributed by atoms with Crippen LogP contribution < -0.4 is 0 Å². The number of carbonyl (C=O) groups is 2. The van der Waals surface area contributed by atoms with Crippen LogP contribution in [-0.2, 0) is 14.3 Å². The molecule has 0 amide bonds. The first-order valence-corrected chi connectivity index (χ1v) is 6.78. The number of esters is 1. The predicted octanol–water partition coefficient (Wildman–Crippen LogP) is 3.59. The van der Waals surface area contributed by atoms with Crippen LogP contribution in [0.1, 0.15) is 27.7 Å². The van der Waals surface area contributed by atoms with Gasteiger partial charge >= 0.3 is 5.97 Å². The molecule has 0 fully saturated rings. The number of thioether (sulfide) groups is 1. The number of ketones is 1. The fraction of sp³-hybridized carbons (Fsp3) is 0.333. The second-order valence-electron chi connectivity index (χ2n) is 5.01. The summed E-state index contributed by atoms with van der Waals surface area (Å²) in [5, 5.41) is 0. The maximum atomic E-state index is 11.7. The van der Waals surface area contributed by atoms with Gasteiger partial charge in [-0.1, -0.05) is 30.0 Å². The maximum absolute atomic E-state index is 11.7. The van der Waals surface area contributed by atoms with Crippen molar-refractivity contribution in [2.75, 3.05) is 0 Å². The molecule has 3 nitrogen and oxygen atoms in total. The number of benzene rings is 1. The maximum Gasteiger partial charge on any atom is 0.332 e. The molecule has 0 radical (unpaired) electrons. The van der Waals surface area contributed by atoms with Gasteiger partial charge in [0.05, 0.1) is 4.91 Å². The molecule has 0 saturated heterocycles. The van der Waals surface area contributed by atoms with Crippen LogP contribution in [-0.4, -0.2) is 17.4 Å². The lowest BCUT2D eigenvalue weighted by Gasteiger charge is -2.18. The van der Waals surface area contributed by atoms with Gasteiger partial charge < -0.3 is 4.74 Å². The molecule has 1 aromatic carbocycles. The molecule has 102 valence electrons. The smallest absolute Gasteiger partial charge is 0.332 e. The Labute approximate surface area is 118 Å². The lowest BCUT2D eigenvalue weighted by molar-refractivity contribution is -0.148. The molecule has 0 saturated carbocycles. The Balaban J connectivity index is 2.84. The fourth-order valence-electron chi connectivity index (χ4n) is 1.26. The van der Waals surface area contributed by atoms with Gasteiger partial charge in [-0.2, -0.15) is 0 Å². The normalized spacial score (nSPS) is 12.1. The van der Waals surface area contributed by atoms with Crippen LogP contribution in [0.5, 0.6) is 0 Å². The third-order valence-corrected chi connectivity index (χ3v) is 3.11. The van der Waals surface area contributed by atoms with E-state index in [0.29, 0.717) is 4.91 Å². The monoisotopic (exact) mass is 278 g/mol. The number of hydrogen-bond donors (Lipinski definition) is 0. The number of rotatable bonds is 4. The lowest BCUT2D eigenvalue weighted by Crippen LogP contribution is -2.23. The molecule has 0 unspecified atom stereocenters. The average Bonchev–Trinajstić information content (AvgIpc) is 2.26. The fourth-order valence-corrected chi connectivity index (χ4v) is 2.10. The van der Waals surface area contributed by atoms with Crippen LogP contribution in [0, 0.1) is 0 Å². The molecule has 1 aromatic rings. The largest absolute Gasteiger partial charge is 0.457 e. The van der Waals surface area contributed by atoms with E-state index in [-0.39, 0.29) is 5.78 Å². The van der Waals surface area contributed by atoms with Crippen molar-refractivity contribution in [3.05, 3.63) is 41.3 Å². The zero-order valence-corrected chi connectivity index (χ0v) is 12.4. The van der Waals surface area contributed by atoms with E-state index in [2.05, 4.69) is 0 Å². The molecule has 0 bridgehead atoms. The molecule has 0 aliphatic rings. The molecule has 4 heteroatoms. The Morgan fingerprint density at radius 3 is 2.21 bits per heavy atom. The Morgan fingerprint density at radius 1 is 1.16 bits per heavy atom. The third-order valence-electron chi connectivity index (χ3n) is 1.97. The highest BCUT2D eigenvalue weighted by Gasteiger charge is 2.16. The van der Waals surface area contributed by atoms with Gasteiger partial charge in [0, 0.05) is 11.0 Å². The molecule has 0 aliphatic carbocycles. The first-order chi connectivity index (χ1) is 8.78. The van der Waals surface area contributed by atoms with Crippen LogP contribution in [0.4, 0.5) is 0 Å². The van der Waals surface area contributed by atoms with E-state index in [4.69, 9.17) is 4.74 Å². The molecule has 0 atom stereocenters. The highest BCUT2D eigenvalue weighted by Crippen LogP contribution is 2.27. The SMILES string of the molecule is CC(=O)/C(=C/C(=O)OC(C)(C)C)Sc1ccccc1. The van der Waals surface area contributed by atoms with Crippen molar-refractivity contribution in [3.63, 3.8) is 0 Å². The molecule has 0 aliphatic heterocycles. The van der Waals surface area contributed by atoms with Crippen LogP contribution in [0.25, 0.3) is 0 Å².